The second-order valence-corrected chi connectivity index (χ2v) is 4.92. The van der Waals surface area contributed by atoms with Crippen molar-refractivity contribution in [2.45, 2.75) is 6.92 Å². The van der Waals surface area contributed by atoms with Gasteiger partial charge >= 0.3 is 0 Å². The number of aryl methyl sites for hydroxylation is 1. The average molecular weight is 320 g/mol. The van der Waals surface area contributed by atoms with E-state index >= 15 is 0 Å². The predicted octanol–water partition coefficient (Wildman–Crippen LogP) is 2.80. The van der Waals surface area contributed by atoms with Crippen LogP contribution >= 0.6 is 15.9 Å². The first-order chi connectivity index (χ1) is 9.13. The second-order valence-electron chi connectivity index (χ2n) is 4.00. The Morgan fingerprint density at radius 2 is 2.16 bits per heavy atom. The number of nitrogen functional groups attached to an aromatic ring is 1. The number of halogens is 1. The number of fused-ring (bicyclic) bond motifs is 1. The van der Waals surface area contributed by atoms with Gasteiger partial charge in [0.15, 0.2) is 5.65 Å². The molecule has 0 radical (unpaired) electrons. The molecule has 7 heteroatoms. The fourth-order valence-electron chi connectivity index (χ4n) is 1.68. The quantitative estimate of drug-likeness (QED) is 0.758. The summed E-state index contributed by atoms with van der Waals surface area (Å²) < 4.78 is 6.74. The highest BCUT2D eigenvalue weighted by molar-refractivity contribution is 9.10. The number of aromatic nitrogens is 4. The summed E-state index contributed by atoms with van der Waals surface area (Å²) in [5.74, 6) is 1.19. The molecule has 0 aliphatic heterocycles. The second kappa shape index (κ2) is 4.51. The van der Waals surface area contributed by atoms with Crippen LogP contribution in [0.2, 0.25) is 0 Å². The molecule has 6 nitrogen and oxygen atoms in total. The molecule has 1 aromatic carbocycles. The summed E-state index contributed by atoms with van der Waals surface area (Å²) in [4.78, 5) is 15.1. The van der Waals surface area contributed by atoms with Gasteiger partial charge < -0.3 is 15.5 Å². The topological polar surface area (TPSA) is 89.7 Å². The molecule has 0 bridgehead atoms. The van der Waals surface area contributed by atoms with Gasteiger partial charge in [-0.2, -0.15) is 9.97 Å². The van der Waals surface area contributed by atoms with E-state index < -0.39 is 0 Å². The number of hydrogen-bond acceptors (Lipinski definition) is 5. The van der Waals surface area contributed by atoms with Crippen LogP contribution in [-0.2, 0) is 0 Å². The summed E-state index contributed by atoms with van der Waals surface area (Å²) >= 11 is 3.41. The van der Waals surface area contributed by atoms with Crippen molar-refractivity contribution in [1.82, 2.24) is 19.9 Å². The standard InChI is InChI=1S/C12H10BrN5O/c1-6-2-3-7(13)4-8(6)19-11-9-10(16-5-15-9)17-12(14)18-11/h2-5H,1H3,(H3,14,15,16,17,18). The van der Waals surface area contributed by atoms with Gasteiger partial charge in [0.25, 0.3) is 5.88 Å². The zero-order valence-electron chi connectivity index (χ0n) is 10.0. The van der Waals surface area contributed by atoms with Gasteiger partial charge in [0.1, 0.15) is 11.3 Å². The molecular formula is C12H10BrN5O. The van der Waals surface area contributed by atoms with Gasteiger partial charge in [-0.3, -0.25) is 0 Å². The first-order valence-corrected chi connectivity index (χ1v) is 6.33. The third-order valence-electron chi connectivity index (χ3n) is 2.63. The van der Waals surface area contributed by atoms with Crippen molar-refractivity contribution in [3.63, 3.8) is 0 Å². The molecule has 0 spiro atoms. The number of rotatable bonds is 2. The van der Waals surface area contributed by atoms with E-state index in [-0.39, 0.29) is 5.95 Å². The van der Waals surface area contributed by atoms with E-state index in [0.29, 0.717) is 22.8 Å². The lowest BCUT2D eigenvalue weighted by atomic mass is 10.2. The van der Waals surface area contributed by atoms with Crippen LogP contribution < -0.4 is 10.5 Å². The number of nitrogens with one attached hydrogen (secondary N) is 1. The van der Waals surface area contributed by atoms with E-state index in [1.807, 2.05) is 25.1 Å². The largest absolute Gasteiger partial charge is 0.437 e. The minimum absolute atomic E-state index is 0.127. The Morgan fingerprint density at radius 3 is 3.00 bits per heavy atom. The third kappa shape index (κ3) is 2.24. The molecule has 2 aromatic heterocycles. The van der Waals surface area contributed by atoms with Crippen LogP contribution in [0.3, 0.4) is 0 Å². The SMILES string of the molecule is Cc1ccc(Br)cc1Oc1nc(N)nc2nc[nH]c12. The first-order valence-electron chi connectivity index (χ1n) is 5.54. The Labute approximate surface area is 117 Å². The van der Waals surface area contributed by atoms with Crippen molar-refractivity contribution in [3.05, 3.63) is 34.6 Å². The summed E-state index contributed by atoms with van der Waals surface area (Å²) in [5, 5.41) is 0. The molecule has 3 aromatic rings. The lowest BCUT2D eigenvalue weighted by molar-refractivity contribution is 0.464. The van der Waals surface area contributed by atoms with Crippen LogP contribution in [0.1, 0.15) is 5.56 Å². The third-order valence-corrected chi connectivity index (χ3v) is 3.12. The van der Waals surface area contributed by atoms with Gasteiger partial charge in [0.2, 0.25) is 5.95 Å². The number of nitrogens with zero attached hydrogens (tertiary/aromatic N) is 3. The number of ether oxygens (including phenoxy) is 1. The molecule has 0 aliphatic rings. The minimum Gasteiger partial charge on any atom is -0.437 e. The Hall–Kier alpha value is -2.15. The van der Waals surface area contributed by atoms with E-state index in [9.17, 15) is 0 Å². The lowest BCUT2D eigenvalue weighted by Gasteiger charge is -2.09. The molecule has 2 heterocycles. The normalized spacial score (nSPS) is 10.8. The summed E-state index contributed by atoms with van der Waals surface area (Å²) in [7, 11) is 0. The number of nitrogens with two attached hydrogens (primary N) is 1. The number of anilines is 1. The molecule has 19 heavy (non-hydrogen) atoms. The van der Waals surface area contributed by atoms with Crippen LogP contribution in [0.5, 0.6) is 11.6 Å². The Kier molecular flexibility index (Phi) is 2.83. The first kappa shape index (κ1) is 11.9. The Morgan fingerprint density at radius 1 is 1.32 bits per heavy atom. The van der Waals surface area contributed by atoms with E-state index in [4.69, 9.17) is 10.5 Å². The summed E-state index contributed by atoms with van der Waals surface area (Å²) in [6.45, 7) is 1.95. The maximum atomic E-state index is 5.81. The lowest BCUT2D eigenvalue weighted by Crippen LogP contribution is -1.99. The van der Waals surface area contributed by atoms with Gasteiger partial charge in [0, 0.05) is 4.47 Å². The van der Waals surface area contributed by atoms with Crippen LogP contribution in [0, 0.1) is 6.92 Å². The van der Waals surface area contributed by atoms with E-state index in [1.165, 1.54) is 6.33 Å². The fraction of sp³-hybridized carbons (Fsp3) is 0.0833. The molecule has 3 rings (SSSR count). The average Bonchev–Trinajstić information content (AvgIpc) is 2.82. The molecule has 0 unspecified atom stereocenters. The minimum atomic E-state index is 0.127. The molecule has 0 fully saturated rings. The van der Waals surface area contributed by atoms with Crippen molar-refractivity contribution < 1.29 is 4.74 Å². The molecular weight excluding hydrogens is 310 g/mol. The zero-order chi connectivity index (χ0) is 13.4. The molecule has 96 valence electrons. The number of hydrogen-bond donors (Lipinski definition) is 2. The highest BCUT2D eigenvalue weighted by atomic mass is 79.9. The molecule has 0 aliphatic carbocycles. The van der Waals surface area contributed by atoms with Crippen LogP contribution in [-0.4, -0.2) is 19.9 Å². The molecule has 0 amide bonds. The van der Waals surface area contributed by atoms with E-state index in [2.05, 4.69) is 35.9 Å². The van der Waals surface area contributed by atoms with Gasteiger partial charge in [-0.25, -0.2) is 4.98 Å². The highest BCUT2D eigenvalue weighted by Gasteiger charge is 2.12. The number of H-pyrrole nitrogens is 1. The number of aromatic amines is 1. The van der Waals surface area contributed by atoms with Crippen molar-refractivity contribution in [2.75, 3.05) is 5.73 Å². The van der Waals surface area contributed by atoms with Crippen LogP contribution in [0.15, 0.2) is 29.0 Å². The maximum Gasteiger partial charge on any atom is 0.250 e. The molecule has 0 saturated carbocycles. The molecule has 0 atom stereocenters. The molecule has 0 saturated heterocycles. The summed E-state index contributed by atoms with van der Waals surface area (Å²) in [6.07, 6.45) is 1.53. The van der Waals surface area contributed by atoms with Gasteiger partial charge in [-0.05, 0) is 24.6 Å². The monoisotopic (exact) mass is 319 g/mol. The number of imidazole rings is 1. The van der Waals surface area contributed by atoms with Gasteiger partial charge in [-0.15, -0.1) is 0 Å². The summed E-state index contributed by atoms with van der Waals surface area (Å²) in [6, 6.07) is 5.77. The Balaban J connectivity index is 2.10. The van der Waals surface area contributed by atoms with Crippen molar-refractivity contribution in [3.8, 4) is 11.6 Å². The van der Waals surface area contributed by atoms with E-state index in [0.717, 1.165) is 10.0 Å². The Bertz CT molecular complexity index is 755. The predicted molar refractivity (Wildman–Crippen MR) is 75.0 cm³/mol. The van der Waals surface area contributed by atoms with Gasteiger partial charge in [-0.1, -0.05) is 22.0 Å². The highest BCUT2D eigenvalue weighted by Crippen LogP contribution is 2.30. The van der Waals surface area contributed by atoms with Crippen LogP contribution in [0.25, 0.3) is 11.2 Å². The number of benzene rings is 1. The smallest absolute Gasteiger partial charge is 0.250 e. The summed E-state index contributed by atoms with van der Waals surface area (Å²) in [5.41, 5.74) is 7.73. The van der Waals surface area contributed by atoms with Gasteiger partial charge in [0.05, 0.1) is 6.33 Å². The maximum absolute atomic E-state index is 5.81. The van der Waals surface area contributed by atoms with Crippen molar-refractivity contribution in [2.24, 2.45) is 0 Å². The van der Waals surface area contributed by atoms with Crippen LogP contribution in [0.4, 0.5) is 5.95 Å². The van der Waals surface area contributed by atoms with Crippen molar-refractivity contribution >= 4 is 33.0 Å². The zero-order valence-corrected chi connectivity index (χ0v) is 11.6. The van der Waals surface area contributed by atoms with Crippen molar-refractivity contribution in [1.29, 1.82) is 0 Å². The van der Waals surface area contributed by atoms with E-state index in [1.54, 1.807) is 0 Å². The fourth-order valence-corrected chi connectivity index (χ4v) is 2.02. The molecule has 3 N–H and O–H groups in total.